The number of pyridine rings is 1. The molecule has 0 atom stereocenters. The number of hydrogen-bond donors (Lipinski definition) is 1. The summed E-state index contributed by atoms with van der Waals surface area (Å²) < 4.78 is 18.8. The molecule has 0 aliphatic rings. The van der Waals surface area contributed by atoms with Gasteiger partial charge in [-0.25, -0.2) is 9.67 Å². The lowest BCUT2D eigenvalue weighted by Gasteiger charge is -2.15. The predicted octanol–water partition coefficient (Wildman–Crippen LogP) is 4.87. The van der Waals surface area contributed by atoms with Crippen molar-refractivity contribution >= 4 is 24.8 Å². The van der Waals surface area contributed by atoms with Crippen LogP contribution < -0.4 is 10.1 Å². The number of anilines is 1. The van der Waals surface area contributed by atoms with Crippen molar-refractivity contribution in [1.82, 2.24) is 14.8 Å². The molecule has 0 bridgehead atoms. The molecular weight excluding hydrogens is 408 g/mol. The minimum absolute atomic E-state index is 0.430. The molecule has 31 heavy (non-hydrogen) atoms. The lowest BCUT2D eigenvalue weighted by molar-refractivity contribution is 0.0818. The number of rotatable bonds is 12. The Hall–Kier alpha value is -2.42. The summed E-state index contributed by atoms with van der Waals surface area (Å²) in [6.07, 6.45) is 1.80. The minimum Gasteiger partial charge on any atom is -0.494 e. The maximum atomic E-state index is 5.99. The monoisotopic (exact) mass is 442 g/mol. The Balaban J connectivity index is 1.90. The second-order valence-corrected chi connectivity index (χ2v) is 14.3. The summed E-state index contributed by atoms with van der Waals surface area (Å²) in [5.74, 6) is 1.63. The Bertz CT molecular complexity index is 985. The van der Waals surface area contributed by atoms with Crippen molar-refractivity contribution in [3.63, 3.8) is 0 Å². The van der Waals surface area contributed by atoms with E-state index in [1.165, 1.54) is 0 Å². The third-order valence-electron chi connectivity index (χ3n) is 4.89. The molecule has 0 aliphatic heterocycles. The van der Waals surface area contributed by atoms with E-state index in [2.05, 4.69) is 42.1 Å². The van der Waals surface area contributed by atoms with Crippen LogP contribution in [0.3, 0.4) is 0 Å². The van der Waals surface area contributed by atoms with Crippen molar-refractivity contribution in [2.45, 2.75) is 39.3 Å². The van der Waals surface area contributed by atoms with Gasteiger partial charge in [-0.1, -0.05) is 19.6 Å². The first-order valence-corrected chi connectivity index (χ1v) is 14.5. The molecule has 168 valence electrons. The highest BCUT2D eigenvalue weighted by molar-refractivity contribution is 6.76. The maximum Gasteiger partial charge on any atom is 0.140 e. The minimum atomic E-state index is -1.13. The molecule has 1 aromatic carbocycles. The van der Waals surface area contributed by atoms with Crippen molar-refractivity contribution in [2.75, 3.05) is 38.8 Å². The van der Waals surface area contributed by atoms with Gasteiger partial charge in [0.1, 0.15) is 24.0 Å². The van der Waals surface area contributed by atoms with Crippen LogP contribution in [0, 0.1) is 0 Å². The van der Waals surface area contributed by atoms with Crippen LogP contribution in [0.1, 0.15) is 6.92 Å². The average Bonchev–Trinajstić information content (AvgIpc) is 3.09. The first-order valence-electron chi connectivity index (χ1n) is 10.8. The molecule has 2 aromatic heterocycles. The van der Waals surface area contributed by atoms with Crippen molar-refractivity contribution in [2.24, 2.45) is 0 Å². The fourth-order valence-corrected chi connectivity index (χ4v) is 3.97. The molecule has 8 heteroatoms. The van der Waals surface area contributed by atoms with Gasteiger partial charge in [0.15, 0.2) is 0 Å². The van der Waals surface area contributed by atoms with Crippen molar-refractivity contribution in [1.29, 1.82) is 0 Å². The number of benzene rings is 1. The van der Waals surface area contributed by atoms with Gasteiger partial charge in [0, 0.05) is 45.5 Å². The van der Waals surface area contributed by atoms with Crippen LogP contribution in [0.5, 0.6) is 5.75 Å². The summed E-state index contributed by atoms with van der Waals surface area (Å²) in [6, 6.07) is 11.2. The van der Waals surface area contributed by atoms with Crippen molar-refractivity contribution < 1.29 is 14.2 Å². The normalized spacial score (nSPS) is 11.8. The second kappa shape index (κ2) is 10.7. The molecule has 7 nitrogen and oxygen atoms in total. The topological polar surface area (TPSA) is 70.4 Å². The molecule has 0 aliphatic carbocycles. The molecule has 0 amide bonds. The summed E-state index contributed by atoms with van der Waals surface area (Å²) in [6.45, 7) is 12.2. The zero-order valence-electron chi connectivity index (χ0n) is 19.3. The zero-order chi connectivity index (χ0) is 22.3. The van der Waals surface area contributed by atoms with Crippen LogP contribution in [0.15, 0.2) is 36.5 Å². The molecule has 0 fully saturated rings. The van der Waals surface area contributed by atoms with Crippen LogP contribution in [0.25, 0.3) is 22.2 Å². The number of methoxy groups -OCH3 is 1. The SMILES string of the molecule is CCOc1ccc2c(c1)c(-c1ccnc(NCCOC)c1)nn2COCC[Si](C)(C)C. The van der Waals surface area contributed by atoms with Gasteiger partial charge in [-0.3, -0.25) is 0 Å². The van der Waals surface area contributed by atoms with Crippen molar-refractivity contribution in [3.05, 3.63) is 36.5 Å². The summed E-state index contributed by atoms with van der Waals surface area (Å²) in [4.78, 5) is 4.41. The van der Waals surface area contributed by atoms with E-state index >= 15 is 0 Å². The Morgan fingerprint density at radius 1 is 1.10 bits per heavy atom. The fraction of sp³-hybridized carbons (Fsp3) is 0.478. The number of fused-ring (bicyclic) bond motifs is 1. The predicted molar refractivity (Wildman–Crippen MR) is 129 cm³/mol. The Morgan fingerprint density at radius 3 is 2.68 bits per heavy atom. The summed E-state index contributed by atoms with van der Waals surface area (Å²) in [7, 11) is 0.559. The third kappa shape index (κ3) is 6.53. The quantitative estimate of drug-likeness (QED) is 0.319. The molecular formula is C23H34N4O3Si. The van der Waals surface area contributed by atoms with Gasteiger partial charge in [-0.15, -0.1) is 0 Å². The molecule has 0 saturated carbocycles. The van der Waals surface area contributed by atoms with Gasteiger partial charge in [-0.2, -0.15) is 5.10 Å². The van der Waals surface area contributed by atoms with Gasteiger partial charge in [0.05, 0.1) is 18.7 Å². The molecule has 1 N–H and O–H groups in total. The van der Waals surface area contributed by atoms with E-state index in [1.807, 2.05) is 29.8 Å². The van der Waals surface area contributed by atoms with Crippen molar-refractivity contribution in [3.8, 4) is 17.0 Å². The Kier molecular flexibility index (Phi) is 8.06. The second-order valence-electron chi connectivity index (χ2n) is 8.66. The molecule has 0 radical (unpaired) electrons. The lowest BCUT2D eigenvalue weighted by Crippen LogP contribution is -2.22. The van der Waals surface area contributed by atoms with Crippen LogP contribution in [-0.4, -0.2) is 56.3 Å². The van der Waals surface area contributed by atoms with Crippen LogP contribution in [-0.2, 0) is 16.2 Å². The number of ether oxygens (including phenoxy) is 3. The zero-order valence-corrected chi connectivity index (χ0v) is 20.3. The number of nitrogens with zero attached hydrogens (tertiary/aromatic N) is 3. The Labute approximate surface area is 185 Å². The molecule has 0 saturated heterocycles. The summed E-state index contributed by atoms with van der Waals surface area (Å²) >= 11 is 0. The number of aromatic nitrogens is 3. The molecule has 0 unspecified atom stereocenters. The van der Waals surface area contributed by atoms with Crippen LogP contribution in [0.4, 0.5) is 5.82 Å². The van der Waals surface area contributed by atoms with Crippen LogP contribution >= 0.6 is 0 Å². The van der Waals surface area contributed by atoms with E-state index in [-0.39, 0.29) is 0 Å². The molecule has 0 spiro atoms. The molecule has 2 heterocycles. The van der Waals surface area contributed by atoms with Gasteiger partial charge in [0.25, 0.3) is 0 Å². The third-order valence-corrected chi connectivity index (χ3v) is 6.59. The first kappa shape index (κ1) is 23.2. The van der Waals surface area contributed by atoms with Gasteiger partial charge < -0.3 is 19.5 Å². The first-order chi connectivity index (χ1) is 14.9. The molecule has 3 aromatic rings. The van der Waals surface area contributed by atoms with E-state index < -0.39 is 8.07 Å². The summed E-state index contributed by atoms with van der Waals surface area (Å²) in [5.41, 5.74) is 2.91. The van der Waals surface area contributed by atoms with E-state index in [4.69, 9.17) is 19.3 Å². The smallest absolute Gasteiger partial charge is 0.140 e. The highest BCUT2D eigenvalue weighted by Gasteiger charge is 2.16. The average molecular weight is 443 g/mol. The largest absolute Gasteiger partial charge is 0.494 e. The van der Waals surface area contributed by atoms with E-state index in [0.717, 1.165) is 46.4 Å². The van der Waals surface area contributed by atoms with E-state index in [9.17, 15) is 0 Å². The van der Waals surface area contributed by atoms with Gasteiger partial charge >= 0.3 is 0 Å². The van der Waals surface area contributed by atoms with Gasteiger partial charge in [-0.05, 0) is 43.3 Å². The van der Waals surface area contributed by atoms with Crippen LogP contribution in [0.2, 0.25) is 25.7 Å². The number of hydrogen-bond acceptors (Lipinski definition) is 6. The number of nitrogens with one attached hydrogen (secondary N) is 1. The summed E-state index contributed by atoms with van der Waals surface area (Å²) in [5, 5.41) is 9.22. The highest BCUT2D eigenvalue weighted by atomic mass is 28.3. The Morgan fingerprint density at radius 2 is 1.94 bits per heavy atom. The van der Waals surface area contributed by atoms with Gasteiger partial charge in [0.2, 0.25) is 0 Å². The fourth-order valence-electron chi connectivity index (χ4n) is 3.21. The van der Waals surface area contributed by atoms with E-state index in [1.54, 1.807) is 13.3 Å². The highest BCUT2D eigenvalue weighted by Crippen LogP contribution is 2.31. The molecule has 3 rings (SSSR count). The lowest BCUT2D eigenvalue weighted by atomic mass is 10.1. The maximum absolute atomic E-state index is 5.99. The standard InChI is InChI=1S/C23H34N4O3Si/c1-6-30-19-7-8-21-20(16-19)23(26-27(21)17-29-13-14-31(3,4)5)18-9-10-24-22(15-18)25-11-12-28-2/h7-10,15-16H,6,11-14,17H2,1-5H3,(H,24,25). The van der Waals surface area contributed by atoms with E-state index in [0.29, 0.717) is 26.5 Å².